The number of aliphatic hydroxyl groups excluding tert-OH is 2. The highest BCUT2D eigenvalue weighted by atomic mass is 16.5. The Balaban J connectivity index is 2.08. The number of rotatable bonds is 4. The fourth-order valence-electron chi connectivity index (χ4n) is 1.77. The number of ether oxygens (including phenoxy) is 2. The van der Waals surface area contributed by atoms with Gasteiger partial charge < -0.3 is 19.7 Å². The fraction of sp³-hybridized carbons (Fsp3) is 0.385. The number of carbonyl (C=O) groups excluding carboxylic acids is 1. The summed E-state index contributed by atoms with van der Waals surface area (Å²) in [6.45, 7) is 0.111. The van der Waals surface area contributed by atoms with Crippen molar-refractivity contribution in [2.75, 3.05) is 13.7 Å². The number of nitrogens with zero attached hydrogens (tertiary/aromatic N) is 1. The second-order valence-electron chi connectivity index (χ2n) is 4.14. The molecular weight excluding hydrogens is 250 g/mol. The van der Waals surface area contributed by atoms with E-state index in [-0.39, 0.29) is 6.61 Å². The third kappa shape index (κ3) is 2.91. The predicted octanol–water partition coefficient (Wildman–Crippen LogP) is -0.273. The van der Waals surface area contributed by atoms with Gasteiger partial charge in [-0.05, 0) is 12.1 Å². The van der Waals surface area contributed by atoms with Crippen LogP contribution in [0.25, 0.3) is 0 Å². The van der Waals surface area contributed by atoms with Gasteiger partial charge in [0.05, 0.1) is 7.11 Å². The van der Waals surface area contributed by atoms with Crippen LogP contribution in [0.1, 0.15) is 5.56 Å². The Morgan fingerprint density at radius 3 is 2.74 bits per heavy atom. The van der Waals surface area contributed by atoms with Crippen molar-refractivity contribution in [3.05, 3.63) is 35.9 Å². The van der Waals surface area contributed by atoms with Gasteiger partial charge in [0.2, 0.25) is 5.90 Å². The van der Waals surface area contributed by atoms with Crippen LogP contribution >= 0.6 is 0 Å². The zero-order valence-corrected chi connectivity index (χ0v) is 10.4. The van der Waals surface area contributed by atoms with Crippen LogP contribution in [0, 0.1) is 0 Å². The highest BCUT2D eigenvalue weighted by Gasteiger charge is 2.35. The van der Waals surface area contributed by atoms with Crippen molar-refractivity contribution in [2.24, 2.45) is 4.99 Å². The summed E-state index contributed by atoms with van der Waals surface area (Å²) in [6.07, 6.45) is -2.98. The quantitative estimate of drug-likeness (QED) is 0.731. The molecule has 1 aromatic rings. The van der Waals surface area contributed by atoms with E-state index < -0.39 is 24.2 Å². The number of hydrogen-bond donors (Lipinski definition) is 2. The van der Waals surface area contributed by atoms with Crippen LogP contribution in [0.5, 0.6) is 0 Å². The van der Waals surface area contributed by atoms with Crippen molar-refractivity contribution in [1.82, 2.24) is 0 Å². The molecule has 0 saturated carbocycles. The number of carbonyl (C=O) groups is 1. The maximum atomic E-state index is 11.1. The summed E-state index contributed by atoms with van der Waals surface area (Å²) in [4.78, 5) is 15.3. The minimum Gasteiger partial charge on any atom is -0.475 e. The molecule has 2 N–H and O–H groups in total. The maximum Gasteiger partial charge on any atom is 0.337 e. The summed E-state index contributed by atoms with van der Waals surface area (Å²) in [6, 6.07) is 8.51. The Labute approximate surface area is 110 Å². The molecule has 19 heavy (non-hydrogen) atoms. The van der Waals surface area contributed by atoms with E-state index in [1.807, 2.05) is 30.3 Å². The van der Waals surface area contributed by atoms with E-state index in [0.29, 0.717) is 5.90 Å². The Morgan fingerprint density at radius 1 is 1.42 bits per heavy atom. The number of esters is 1. The third-order valence-corrected chi connectivity index (χ3v) is 2.86. The second kappa shape index (κ2) is 5.81. The number of methoxy groups -OCH3 is 1. The molecule has 3 atom stereocenters. The van der Waals surface area contributed by atoms with Crippen LogP contribution < -0.4 is 0 Å². The van der Waals surface area contributed by atoms with Crippen LogP contribution in [0.4, 0.5) is 0 Å². The van der Waals surface area contributed by atoms with Gasteiger partial charge in [-0.3, -0.25) is 0 Å². The Morgan fingerprint density at radius 2 is 2.11 bits per heavy atom. The van der Waals surface area contributed by atoms with E-state index in [0.717, 1.165) is 12.7 Å². The molecule has 2 unspecified atom stereocenters. The van der Waals surface area contributed by atoms with Crippen molar-refractivity contribution in [3.63, 3.8) is 0 Å². The highest BCUT2D eigenvalue weighted by Crippen LogP contribution is 2.16. The zero-order chi connectivity index (χ0) is 13.8. The molecule has 0 fully saturated rings. The summed E-state index contributed by atoms with van der Waals surface area (Å²) < 4.78 is 9.73. The Kier molecular flexibility index (Phi) is 4.13. The average Bonchev–Trinajstić information content (AvgIpc) is 2.95. The van der Waals surface area contributed by atoms with Crippen LogP contribution in [-0.2, 0) is 14.3 Å². The van der Waals surface area contributed by atoms with Gasteiger partial charge in [-0.2, -0.15) is 0 Å². The van der Waals surface area contributed by atoms with Gasteiger partial charge >= 0.3 is 5.97 Å². The van der Waals surface area contributed by atoms with Crippen LogP contribution in [-0.4, -0.2) is 54.0 Å². The minimum absolute atomic E-state index is 0.111. The Hall–Kier alpha value is -1.92. The smallest absolute Gasteiger partial charge is 0.337 e. The predicted molar refractivity (Wildman–Crippen MR) is 66.7 cm³/mol. The highest BCUT2D eigenvalue weighted by molar-refractivity contribution is 5.95. The molecule has 1 heterocycles. The molecule has 1 aromatic carbocycles. The first-order chi connectivity index (χ1) is 9.13. The van der Waals surface area contributed by atoms with Crippen molar-refractivity contribution in [1.29, 1.82) is 0 Å². The fourth-order valence-corrected chi connectivity index (χ4v) is 1.77. The van der Waals surface area contributed by atoms with Crippen molar-refractivity contribution >= 4 is 11.9 Å². The lowest BCUT2D eigenvalue weighted by molar-refractivity contribution is -0.157. The molecule has 1 aliphatic heterocycles. The second-order valence-corrected chi connectivity index (χ2v) is 4.14. The molecule has 6 heteroatoms. The topological polar surface area (TPSA) is 88.4 Å². The first-order valence-corrected chi connectivity index (χ1v) is 5.83. The van der Waals surface area contributed by atoms with E-state index >= 15 is 0 Å². The molecule has 0 bridgehead atoms. The number of aliphatic hydroxyl groups is 2. The molecule has 2 rings (SSSR count). The van der Waals surface area contributed by atoms with Gasteiger partial charge in [-0.25, -0.2) is 9.79 Å². The summed E-state index contributed by atoms with van der Waals surface area (Å²) in [5.74, 6) is -0.502. The van der Waals surface area contributed by atoms with Crippen molar-refractivity contribution in [3.8, 4) is 0 Å². The lowest BCUT2D eigenvalue weighted by atomic mass is 10.1. The summed E-state index contributed by atoms with van der Waals surface area (Å²) >= 11 is 0. The SMILES string of the molecule is COC(=O)C(O)C(O)[C@@H]1COC(c2ccccc2)=N1. The van der Waals surface area contributed by atoms with E-state index in [2.05, 4.69) is 9.73 Å². The number of aliphatic imine (C=N–C) groups is 1. The lowest BCUT2D eigenvalue weighted by Gasteiger charge is -2.18. The van der Waals surface area contributed by atoms with Gasteiger partial charge in [0.25, 0.3) is 0 Å². The minimum atomic E-state index is -1.63. The van der Waals surface area contributed by atoms with E-state index in [1.54, 1.807) is 0 Å². The number of hydrogen-bond acceptors (Lipinski definition) is 6. The van der Waals surface area contributed by atoms with Crippen molar-refractivity contribution in [2.45, 2.75) is 18.2 Å². The van der Waals surface area contributed by atoms with Crippen molar-refractivity contribution < 1.29 is 24.5 Å². The van der Waals surface area contributed by atoms with Gasteiger partial charge in [0.1, 0.15) is 18.8 Å². The molecule has 0 spiro atoms. The van der Waals surface area contributed by atoms with E-state index in [4.69, 9.17) is 4.74 Å². The summed E-state index contributed by atoms with van der Waals surface area (Å²) in [7, 11) is 1.14. The number of benzene rings is 1. The van der Waals surface area contributed by atoms with Crippen LogP contribution in [0.15, 0.2) is 35.3 Å². The maximum absolute atomic E-state index is 11.1. The molecule has 0 aromatic heterocycles. The normalized spacial score (nSPS) is 21.2. The Bertz CT molecular complexity index is 473. The van der Waals surface area contributed by atoms with Gasteiger partial charge in [-0.1, -0.05) is 18.2 Å². The zero-order valence-electron chi connectivity index (χ0n) is 10.4. The van der Waals surface area contributed by atoms with Gasteiger partial charge in [0, 0.05) is 5.56 Å². The molecule has 0 saturated heterocycles. The molecule has 1 aliphatic rings. The standard InChI is InChI=1S/C13H15NO5/c1-18-13(17)11(16)10(15)9-7-19-12(14-9)8-5-3-2-4-6-8/h2-6,9-11,15-16H,7H2,1H3/t9-,10?,11?/m0/s1. The van der Waals surface area contributed by atoms with Gasteiger partial charge in [-0.15, -0.1) is 0 Å². The molecule has 0 aliphatic carbocycles. The first kappa shape index (κ1) is 13.5. The molecule has 0 radical (unpaired) electrons. The molecule has 102 valence electrons. The van der Waals surface area contributed by atoms with Gasteiger partial charge in [0.15, 0.2) is 6.10 Å². The van der Waals surface area contributed by atoms with Crippen LogP contribution in [0.2, 0.25) is 0 Å². The summed E-state index contributed by atoms with van der Waals surface area (Å²) in [5, 5.41) is 19.4. The first-order valence-electron chi connectivity index (χ1n) is 5.83. The monoisotopic (exact) mass is 265 g/mol. The molecule has 0 amide bonds. The lowest BCUT2D eigenvalue weighted by Crippen LogP contribution is -2.42. The van der Waals surface area contributed by atoms with E-state index in [1.165, 1.54) is 0 Å². The largest absolute Gasteiger partial charge is 0.475 e. The third-order valence-electron chi connectivity index (χ3n) is 2.86. The molecule has 6 nitrogen and oxygen atoms in total. The van der Waals surface area contributed by atoms with E-state index in [9.17, 15) is 15.0 Å². The average molecular weight is 265 g/mol. The van der Waals surface area contributed by atoms with Crippen LogP contribution in [0.3, 0.4) is 0 Å². The summed E-state index contributed by atoms with van der Waals surface area (Å²) in [5.41, 5.74) is 0.782. The molecular formula is C13H15NO5.